The Bertz CT molecular complexity index is 1140. The van der Waals surface area contributed by atoms with Crippen molar-refractivity contribution in [3.8, 4) is 10.6 Å². The minimum absolute atomic E-state index is 0.0896. The van der Waals surface area contributed by atoms with Crippen molar-refractivity contribution in [3.05, 3.63) is 53.6 Å². The summed E-state index contributed by atoms with van der Waals surface area (Å²) >= 11 is 1.58. The van der Waals surface area contributed by atoms with Gasteiger partial charge in [-0.2, -0.15) is 10.1 Å². The molecule has 0 radical (unpaired) electrons. The number of amides is 4. The van der Waals surface area contributed by atoms with Crippen LogP contribution < -0.4 is 0 Å². The van der Waals surface area contributed by atoms with Crippen LogP contribution in [0.1, 0.15) is 23.3 Å². The molecule has 1 fully saturated rings. The third-order valence-electron chi connectivity index (χ3n) is 5.92. The average molecular weight is 436 g/mol. The number of thiophene rings is 1. The zero-order valence-electron chi connectivity index (χ0n) is 17.0. The molecule has 9 heteroatoms. The molecule has 2 aromatic heterocycles. The molecule has 1 aliphatic carbocycles. The Morgan fingerprint density at radius 2 is 2.00 bits per heavy atom. The van der Waals surface area contributed by atoms with Crippen molar-refractivity contribution in [2.75, 3.05) is 13.1 Å². The highest BCUT2D eigenvalue weighted by Gasteiger charge is 2.41. The van der Waals surface area contributed by atoms with Gasteiger partial charge in [0.25, 0.3) is 5.91 Å². The van der Waals surface area contributed by atoms with E-state index < -0.39 is 11.9 Å². The van der Waals surface area contributed by atoms with E-state index in [1.54, 1.807) is 52.3 Å². The molecule has 4 amide bonds. The molecule has 1 atom stereocenters. The quantitative estimate of drug-likeness (QED) is 0.742. The number of piperidine rings is 1. The maximum Gasteiger partial charge on any atom is 0.350 e. The molecule has 31 heavy (non-hydrogen) atoms. The van der Waals surface area contributed by atoms with Crippen molar-refractivity contribution < 1.29 is 14.4 Å². The minimum Gasteiger partial charge on any atom is -0.337 e. The van der Waals surface area contributed by atoms with E-state index in [0.29, 0.717) is 37.3 Å². The average Bonchev–Trinajstić information content (AvgIpc) is 3.44. The number of carbonyl (C=O) groups excluding carboxylic acids is 3. The summed E-state index contributed by atoms with van der Waals surface area (Å²) in [6.07, 6.45) is 8.13. The maximum absolute atomic E-state index is 13.1. The van der Waals surface area contributed by atoms with E-state index in [1.165, 1.54) is 4.90 Å². The number of rotatable bonds is 3. The molecule has 5 rings (SSSR count). The lowest BCUT2D eigenvalue weighted by Crippen LogP contribution is -2.54. The fourth-order valence-electron chi connectivity index (χ4n) is 4.29. The summed E-state index contributed by atoms with van der Waals surface area (Å²) in [5.41, 5.74) is 1.81. The lowest BCUT2D eigenvalue weighted by atomic mass is 9.93. The molecule has 4 heterocycles. The van der Waals surface area contributed by atoms with Crippen molar-refractivity contribution in [1.82, 2.24) is 19.6 Å². The lowest BCUT2D eigenvalue weighted by molar-refractivity contribution is -0.131. The Morgan fingerprint density at radius 1 is 1.19 bits per heavy atom. The van der Waals surface area contributed by atoms with E-state index in [9.17, 15) is 14.4 Å². The summed E-state index contributed by atoms with van der Waals surface area (Å²) in [6, 6.07) is 4.99. The Hall–Kier alpha value is -3.33. The van der Waals surface area contributed by atoms with Crippen LogP contribution in [0.2, 0.25) is 0 Å². The van der Waals surface area contributed by atoms with Crippen molar-refractivity contribution in [2.45, 2.75) is 18.9 Å². The number of hydrogen-bond acceptors (Lipinski definition) is 5. The Balaban J connectivity index is 1.28. The molecule has 0 spiro atoms. The number of allylic oxidation sites excluding steroid dienone is 3. The number of urea groups is 1. The summed E-state index contributed by atoms with van der Waals surface area (Å²) in [5.74, 6) is -0.812. The predicted octanol–water partition coefficient (Wildman–Crippen LogP) is 2.90. The molecular weight excluding hydrogens is 414 g/mol. The number of carbonyl (C=O) groups is 3. The summed E-state index contributed by atoms with van der Waals surface area (Å²) in [5, 5.41) is 6.45. The monoisotopic (exact) mass is 435 g/mol. The van der Waals surface area contributed by atoms with E-state index in [1.807, 2.05) is 23.6 Å². The predicted molar refractivity (Wildman–Crippen MR) is 117 cm³/mol. The lowest BCUT2D eigenvalue weighted by Gasteiger charge is -2.39. The molecule has 2 aromatic rings. The first-order valence-corrected chi connectivity index (χ1v) is 11.1. The maximum atomic E-state index is 13.1. The Morgan fingerprint density at radius 3 is 2.74 bits per heavy atom. The summed E-state index contributed by atoms with van der Waals surface area (Å²) in [7, 11) is 1.77. The summed E-state index contributed by atoms with van der Waals surface area (Å²) in [4.78, 5) is 46.7. The van der Waals surface area contributed by atoms with Gasteiger partial charge in [-0.05, 0) is 36.4 Å². The number of aliphatic imine (C=N–C) groups is 1. The molecule has 1 saturated heterocycles. The van der Waals surface area contributed by atoms with Crippen molar-refractivity contribution in [3.63, 3.8) is 0 Å². The third-order valence-corrected chi connectivity index (χ3v) is 6.82. The molecule has 0 saturated carbocycles. The second kappa shape index (κ2) is 7.73. The Labute approximate surface area is 183 Å². The number of aryl methyl sites for hydroxylation is 1. The highest BCUT2D eigenvalue weighted by Crippen LogP contribution is 2.28. The van der Waals surface area contributed by atoms with Crippen molar-refractivity contribution in [1.29, 1.82) is 0 Å². The summed E-state index contributed by atoms with van der Waals surface area (Å²) in [6.45, 7) is 0.939. The molecule has 2 aliphatic heterocycles. The molecule has 0 N–H and O–H groups in total. The van der Waals surface area contributed by atoms with Crippen molar-refractivity contribution >= 4 is 34.9 Å². The van der Waals surface area contributed by atoms with Crippen LogP contribution in [0, 0.1) is 5.92 Å². The molecule has 8 nitrogen and oxygen atoms in total. The highest BCUT2D eigenvalue weighted by molar-refractivity contribution is 7.13. The van der Waals surface area contributed by atoms with Gasteiger partial charge in [0, 0.05) is 26.2 Å². The van der Waals surface area contributed by atoms with E-state index in [4.69, 9.17) is 0 Å². The number of fused-ring (bicyclic) bond motifs is 1. The fraction of sp³-hybridized carbons (Fsp3) is 0.318. The second-order valence-electron chi connectivity index (χ2n) is 7.79. The standard InChI is InChI=1S/C22H21N5O3S/c1-25-18(13-17(24-25)19-7-4-12-31-19)21(29)26-10-8-14(9-11-26)27-20(28)15-5-2-3-6-16(15)23-22(27)30/h2-7,12-15H,8-11H2,1H3. The second-order valence-corrected chi connectivity index (χ2v) is 8.74. The minimum atomic E-state index is -0.506. The first-order chi connectivity index (χ1) is 15.0. The van der Waals surface area contributed by atoms with Gasteiger partial charge >= 0.3 is 6.03 Å². The van der Waals surface area contributed by atoms with Gasteiger partial charge in [0.1, 0.15) is 11.4 Å². The van der Waals surface area contributed by atoms with Gasteiger partial charge in [0.2, 0.25) is 5.91 Å². The number of imide groups is 1. The normalized spacial score (nSPS) is 21.5. The first-order valence-electron chi connectivity index (χ1n) is 10.2. The van der Waals surface area contributed by atoms with E-state index in [-0.39, 0.29) is 17.9 Å². The molecule has 1 unspecified atom stereocenters. The van der Waals surface area contributed by atoms with Gasteiger partial charge in [-0.25, -0.2) is 4.79 Å². The molecule has 0 bridgehead atoms. The smallest absolute Gasteiger partial charge is 0.337 e. The van der Waals surface area contributed by atoms with Crippen LogP contribution in [0.4, 0.5) is 4.79 Å². The van der Waals surface area contributed by atoms with Crippen LogP contribution in [-0.4, -0.2) is 62.3 Å². The SMILES string of the molecule is Cn1nc(-c2cccs2)cc1C(=O)N1CCC(N2C(=O)N=C3C=CC=CC3C2=O)CC1. The van der Waals surface area contributed by atoms with Crippen LogP contribution in [0.15, 0.2) is 52.9 Å². The van der Waals surface area contributed by atoms with Crippen LogP contribution >= 0.6 is 11.3 Å². The number of aromatic nitrogens is 2. The topological polar surface area (TPSA) is 87.9 Å². The van der Waals surface area contributed by atoms with E-state index in [2.05, 4.69) is 10.1 Å². The third kappa shape index (κ3) is 3.44. The van der Waals surface area contributed by atoms with Gasteiger partial charge in [0.15, 0.2) is 0 Å². The molecule has 0 aromatic carbocycles. The number of nitrogens with zero attached hydrogens (tertiary/aromatic N) is 5. The van der Waals surface area contributed by atoms with Gasteiger partial charge in [-0.3, -0.25) is 19.2 Å². The summed E-state index contributed by atoms with van der Waals surface area (Å²) < 4.78 is 1.61. The van der Waals surface area contributed by atoms with Gasteiger partial charge in [-0.1, -0.05) is 24.3 Å². The van der Waals surface area contributed by atoms with Crippen LogP contribution in [0.25, 0.3) is 10.6 Å². The molecular formula is C22H21N5O3S. The zero-order valence-corrected chi connectivity index (χ0v) is 17.8. The highest BCUT2D eigenvalue weighted by atomic mass is 32.1. The molecule has 3 aliphatic rings. The van der Waals surface area contributed by atoms with Crippen molar-refractivity contribution in [2.24, 2.45) is 18.0 Å². The van der Waals surface area contributed by atoms with E-state index in [0.717, 1.165) is 10.6 Å². The van der Waals surface area contributed by atoms with Crippen LogP contribution in [0.3, 0.4) is 0 Å². The fourth-order valence-corrected chi connectivity index (χ4v) is 4.97. The van der Waals surface area contributed by atoms with Gasteiger partial charge < -0.3 is 4.90 Å². The number of hydrogen-bond donors (Lipinski definition) is 0. The largest absolute Gasteiger partial charge is 0.350 e. The zero-order chi connectivity index (χ0) is 21.5. The van der Waals surface area contributed by atoms with E-state index >= 15 is 0 Å². The first kappa shape index (κ1) is 19.6. The van der Waals surface area contributed by atoms with Gasteiger partial charge in [-0.15, -0.1) is 11.3 Å². The van der Waals surface area contributed by atoms with Crippen LogP contribution in [0.5, 0.6) is 0 Å². The Kier molecular flexibility index (Phi) is 4.90. The van der Waals surface area contributed by atoms with Gasteiger partial charge in [0.05, 0.1) is 16.5 Å². The number of likely N-dealkylation sites (tertiary alicyclic amines) is 1. The van der Waals surface area contributed by atoms with Crippen LogP contribution in [-0.2, 0) is 11.8 Å². The molecule has 158 valence electrons.